The summed E-state index contributed by atoms with van der Waals surface area (Å²) in [5, 5.41) is 2.56. The van der Waals surface area contributed by atoms with Crippen molar-refractivity contribution in [1.29, 1.82) is 0 Å². The van der Waals surface area contributed by atoms with Crippen molar-refractivity contribution in [2.24, 2.45) is 5.92 Å². The smallest absolute Gasteiger partial charge is 0.372 e. The second-order valence-corrected chi connectivity index (χ2v) is 13.7. The van der Waals surface area contributed by atoms with E-state index in [4.69, 9.17) is 77.4 Å². The normalized spacial score (nSPS) is 37.7. The third-order valence-electron chi connectivity index (χ3n) is 7.64. The molecular weight excluding hydrogens is 673 g/mol. The molecule has 1 N–H and O–H groups in total. The van der Waals surface area contributed by atoms with Gasteiger partial charge in [0.05, 0.1) is 12.7 Å². The van der Waals surface area contributed by atoms with E-state index in [-0.39, 0.29) is 6.61 Å². The number of nitrogens with one attached hydrogen (secondary N) is 1. The molecule has 19 heteroatoms. The molecule has 0 radical (unpaired) electrons. The average molecular weight is 705 g/mol. The Morgan fingerprint density at radius 2 is 1.38 bits per heavy atom. The number of carbonyl (C=O) groups excluding carboxylic acids is 6. The maximum atomic E-state index is 13.6. The first-order valence-corrected chi connectivity index (χ1v) is 14.7. The summed E-state index contributed by atoms with van der Waals surface area (Å²) < 4.78 is 49.8. The third kappa shape index (κ3) is 6.30. The van der Waals surface area contributed by atoms with Crippen LogP contribution in [0.3, 0.4) is 0 Å². The fraction of sp³-hybridized carbons (Fsp3) is 0.769. The van der Waals surface area contributed by atoms with E-state index in [1.165, 1.54) is 0 Å². The largest absolute Gasteiger partial charge is 0.461 e. The molecule has 4 saturated heterocycles. The van der Waals surface area contributed by atoms with Crippen LogP contribution in [0.15, 0.2) is 0 Å². The van der Waals surface area contributed by atoms with Gasteiger partial charge in [0.15, 0.2) is 11.9 Å². The van der Waals surface area contributed by atoms with Crippen LogP contribution >= 0.6 is 34.8 Å². The number of hydrogen-bond donors (Lipinski definition) is 1. The van der Waals surface area contributed by atoms with Crippen LogP contribution in [0.1, 0.15) is 48.5 Å². The van der Waals surface area contributed by atoms with Crippen molar-refractivity contribution in [2.45, 2.75) is 106 Å². The summed E-state index contributed by atoms with van der Waals surface area (Å²) in [6.45, 7) is 7.28. The van der Waals surface area contributed by atoms with Gasteiger partial charge in [-0.25, -0.2) is 0 Å². The van der Waals surface area contributed by atoms with E-state index >= 15 is 0 Å². The van der Waals surface area contributed by atoms with Crippen LogP contribution in [0.25, 0.3) is 0 Å². The summed E-state index contributed by atoms with van der Waals surface area (Å²) in [5.41, 5.74) is -4.48. The molecule has 1 amide bonds. The molecule has 45 heavy (non-hydrogen) atoms. The minimum absolute atomic E-state index is 0.224. The number of esters is 5. The molecule has 5 fully saturated rings. The van der Waals surface area contributed by atoms with Crippen LogP contribution in [0.5, 0.6) is 0 Å². The SMILES string of the molecule is CC(=O)OC[C@]1(OC(C)=O)[C@@H]2O[C@]3(OC(C)=O)O[C@H]1[C@@H](OC(C)=O)[C@](NC(=O)C(Cl)(Cl)Cl)([C@H]2[C@H]1COC(C)(C)O1)[C@@H]3OC(C)=O. The molecule has 0 aromatic rings. The van der Waals surface area contributed by atoms with Crippen molar-refractivity contribution in [3.8, 4) is 0 Å². The van der Waals surface area contributed by atoms with Crippen molar-refractivity contribution >= 4 is 70.6 Å². The molecule has 5 aliphatic rings. The highest BCUT2D eigenvalue weighted by molar-refractivity contribution is 6.76. The van der Waals surface area contributed by atoms with E-state index in [2.05, 4.69) is 5.32 Å². The van der Waals surface area contributed by atoms with Crippen molar-refractivity contribution in [2.75, 3.05) is 13.2 Å². The van der Waals surface area contributed by atoms with Gasteiger partial charge in [0.25, 0.3) is 9.70 Å². The highest BCUT2D eigenvalue weighted by atomic mass is 35.6. The molecule has 0 spiro atoms. The van der Waals surface area contributed by atoms with E-state index < -0.39 is 105 Å². The Morgan fingerprint density at radius 3 is 1.84 bits per heavy atom. The number of ether oxygens (including phenoxy) is 9. The Balaban J connectivity index is 2.13. The molecule has 1 aliphatic carbocycles. The molecule has 0 unspecified atom stereocenters. The fourth-order valence-electron chi connectivity index (χ4n) is 6.52. The van der Waals surface area contributed by atoms with Gasteiger partial charge in [0.2, 0.25) is 11.7 Å². The number of halogens is 3. The zero-order valence-corrected chi connectivity index (χ0v) is 27.4. The quantitative estimate of drug-likeness (QED) is 0.211. The lowest BCUT2D eigenvalue weighted by Gasteiger charge is -2.71. The van der Waals surface area contributed by atoms with E-state index in [0.29, 0.717) is 0 Å². The summed E-state index contributed by atoms with van der Waals surface area (Å²) in [4.78, 5) is 76.3. The Kier molecular flexibility index (Phi) is 9.40. The van der Waals surface area contributed by atoms with Crippen LogP contribution in [-0.4, -0.2) is 106 Å². The predicted octanol–water partition coefficient (Wildman–Crippen LogP) is 0.736. The minimum atomic E-state index is -2.70. The van der Waals surface area contributed by atoms with Gasteiger partial charge in [-0.1, -0.05) is 34.8 Å². The molecule has 4 aliphatic heterocycles. The van der Waals surface area contributed by atoms with Crippen molar-refractivity contribution < 1.29 is 71.4 Å². The van der Waals surface area contributed by atoms with Crippen molar-refractivity contribution in [3.63, 3.8) is 0 Å². The zero-order chi connectivity index (χ0) is 33.9. The molecule has 252 valence electrons. The lowest BCUT2D eigenvalue weighted by Crippen LogP contribution is -2.96. The topological polar surface area (TPSA) is 198 Å². The fourth-order valence-corrected chi connectivity index (χ4v) is 6.66. The molecule has 0 aromatic heterocycles. The first-order chi connectivity index (χ1) is 20.6. The van der Waals surface area contributed by atoms with Gasteiger partial charge < -0.3 is 47.9 Å². The van der Waals surface area contributed by atoms with Gasteiger partial charge in [-0.3, -0.25) is 28.8 Å². The molecule has 9 atom stereocenters. The first kappa shape index (κ1) is 35.4. The van der Waals surface area contributed by atoms with E-state index in [1.807, 2.05) is 0 Å². The maximum Gasteiger partial charge on any atom is 0.372 e. The number of amides is 1. The van der Waals surface area contributed by atoms with Crippen LogP contribution in [0.2, 0.25) is 0 Å². The minimum Gasteiger partial charge on any atom is -0.461 e. The van der Waals surface area contributed by atoms with Crippen LogP contribution in [0.4, 0.5) is 0 Å². The second kappa shape index (κ2) is 12.0. The molecule has 0 aromatic carbocycles. The first-order valence-electron chi connectivity index (χ1n) is 13.5. The van der Waals surface area contributed by atoms with Crippen molar-refractivity contribution in [1.82, 2.24) is 5.32 Å². The van der Waals surface area contributed by atoms with E-state index in [1.54, 1.807) is 13.8 Å². The van der Waals surface area contributed by atoms with Gasteiger partial charge in [-0.2, -0.15) is 0 Å². The summed E-state index contributed by atoms with van der Waals surface area (Å²) in [6, 6.07) is 0. The summed E-state index contributed by atoms with van der Waals surface area (Å²) in [7, 11) is 0. The van der Waals surface area contributed by atoms with Crippen LogP contribution < -0.4 is 5.32 Å². The van der Waals surface area contributed by atoms with Gasteiger partial charge in [-0.05, 0) is 13.8 Å². The summed E-state index contributed by atoms with van der Waals surface area (Å²) in [6.07, 6.45) is -8.38. The summed E-state index contributed by atoms with van der Waals surface area (Å²) in [5.74, 6) is -11.4. The Hall–Kier alpha value is -2.47. The summed E-state index contributed by atoms with van der Waals surface area (Å²) >= 11 is 18.0. The molecule has 4 bridgehead atoms. The monoisotopic (exact) mass is 703 g/mol. The number of hydrogen-bond acceptors (Lipinski definition) is 15. The highest BCUT2D eigenvalue weighted by Gasteiger charge is 2.88. The standard InChI is InChI=1S/C26H32Cl3NO15/c1-10(31)37-9-23(41-13(4)34)17-16(15-8-38-22(6,7)43-15)24(30-21(36)25(27,28)29)19(39-11(2)32)18(23)45-26(44-17,42-14(5)35)20(24)40-12(3)33/h15-20H,8-9H2,1-7H3,(H,30,36)/t15-,16+,17-,18+,19-,20+,23+,24-,26+/m1/s1. The van der Waals surface area contributed by atoms with Gasteiger partial charge in [0, 0.05) is 40.5 Å². The zero-order valence-electron chi connectivity index (χ0n) is 25.1. The van der Waals surface area contributed by atoms with Crippen LogP contribution in [0, 0.1) is 5.92 Å². The molecule has 1 saturated carbocycles. The third-order valence-corrected chi connectivity index (χ3v) is 8.16. The Morgan fingerprint density at radius 1 is 0.800 bits per heavy atom. The Labute approximate surface area is 271 Å². The number of rotatable bonds is 8. The van der Waals surface area contributed by atoms with Crippen molar-refractivity contribution in [3.05, 3.63) is 0 Å². The van der Waals surface area contributed by atoms with Gasteiger partial charge >= 0.3 is 35.8 Å². The highest BCUT2D eigenvalue weighted by Crippen LogP contribution is 2.63. The molecule has 4 heterocycles. The molecular formula is C26H32Cl3NO15. The maximum absolute atomic E-state index is 13.6. The predicted molar refractivity (Wildman–Crippen MR) is 146 cm³/mol. The lowest BCUT2D eigenvalue weighted by molar-refractivity contribution is -0.543. The van der Waals surface area contributed by atoms with E-state index in [9.17, 15) is 28.8 Å². The van der Waals surface area contributed by atoms with Gasteiger partial charge in [-0.15, -0.1) is 0 Å². The van der Waals surface area contributed by atoms with Crippen LogP contribution in [-0.2, 0) is 71.4 Å². The second-order valence-electron chi connectivity index (χ2n) is 11.4. The van der Waals surface area contributed by atoms with Gasteiger partial charge in [0.1, 0.15) is 24.4 Å². The molecule has 16 nitrogen and oxygen atoms in total. The average Bonchev–Trinajstić information content (AvgIpc) is 3.21. The van der Waals surface area contributed by atoms with E-state index in [0.717, 1.165) is 34.6 Å². The molecule has 5 rings (SSSR count). The lowest BCUT2D eigenvalue weighted by atomic mass is 9.54. The Bertz CT molecular complexity index is 1290. The number of carbonyl (C=O) groups is 6. The number of alkyl halides is 3.